The van der Waals surface area contributed by atoms with E-state index in [2.05, 4.69) is 0 Å². The number of benzene rings is 1. The topological polar surface area (TPSA) is 60.9 Å². The van der Waals surface area contributed by atoms with Crippen LogP contribution in [0.4, 0.5) is 0 Å². The zero-order chi connectivity index (χ0) is 17.8. The highest BCUT2D eigenvalue weighted by atomic mass is 16.3. The highest BCUT2D eigenvalue weighted by Gasteiger charge is 2.26. The third kappa shape index (κ3) is 4.33. The SMILES string of the molecule is Cc1ccc(O)c(C(=O)N2CCCN(C(=O)CC3CCCC3)CC2)c1. The van der Waals surface area contributed by atoms with Gasteiger partial charge in [0.05, 0.1) is 5.56 Å². The number of aryl methyl sites for hydroxylation is 1. The van der Waals surface area contributed by atoms with E-state index < -0.39 is 0 Å². The summed E-state index contributed by atoms with van der Waals surface area (Å²) >= 11 is 0. The molecule has 0 atom stereocenters. The van der Waals surface area contributed by atoms with E-state index in [0.717, 1.165) is 18.5 Å². The summed E-state index contributed by atoms with van der Waals surface area (Å²) in [6, 6.07) is 5.08. The molecule has 1 aromatic rings. The van der Waals surface area contributed by atoms with Gasteiger partial charge in [0.15, 0.2) is 0 Å². The molecule has 5 heteroatoms. The minimum Gasteiger partial charge on any atom is -0.507 e. The molecule has 0 bridgehead atoms. The average Bonchev–Trinajstić information content (AvgIpc) is 2.97. The highest BCUT2D eigenvalue weighted by Crippen LogP contribution is 2.28. The molecule has 2 amide bonds. The van der Waals surface area contributed by atoms with Crippen LogP contribution in [0, 0.1) is 12.8 Å². The Morgan fingerprint density at radius 1 is 1.04 bits per heavy atom. The Labute approximate surface area is 149 Å². The van der Waals surface area contributed by atoms with Crippen molar-refractivity contribution in [2.24, 2.45) is 5.92 Å². The van der Waals surface area contributed by atoms with Crippen molar-refractivity contribution in [3.8, 4) is 5.75 Å². The smallest absolute Gasteiger partial charge is 0.257 e. The molecule has 136 valence electrons. The van der Waals surface area contributed by atoms with Crippen LogP contribution in [-0.2, 0) is 4.79 Å². The van der Waals surface area contributed by atoms with Gasteiger partial charge in [-0.3, -0.25) is 9.59 Å². The largest absolute Gasteiger partial charge is 0.507 e. The van der Waals surface area contributed by atoms with Crippen molar-refractivity contribution in [2.45, 2.75) is 45.4 Å². The first-order valence-electron chi connectivity index (χ1n) is 9.41. The first-order chi connectivity index (χ1) is 12.0. The van der Waals surface area contributed by atoms with E-state index in [9.17, 15) is 14.7 Å². The van der Waals surface area contributed by atoms with Crippen molar-refractivity contribution >= 4 is 11.8 Å². The van der Waals surface area contributed by atoms with Crippen LogP contribution in [0.3, 0.4) is 0 Å². The van der Waals surface area contributed by atoms with Gasteiger partial charge in [-0.1, -0.05) is 24.5 Å². The van der Waals surface area contributed by atoms with E-state index >= 15 is 0 Å². The van der Waals surface area contributed by atoms with Gasteiger partial charge in [0.1, 0.15) is 5.75 Å². The fourth-order valence-electron chi connectivity index (χ4n) is 3.95. The van der Waals surface area contributed by atoms with E-state index in [1.165, 1.54) is 25.7 Å². The quantitative estimate of drug-likeness (QED) is 0.917. The molecule has 25 heavy (non-hydrogen) atoms. The number of aromatic hydroxyl groups is 1. The van der Waals surface area contributed by atoms with Crippen LogP contribution in [0.5, 0.6) is 5.75 Å². The number of nitrogens with zero attached hydrogens (tertiary/aromatic N) is 2. The summed E-state index contributed by atoms with van der Waals surface area (Å²) in [6.45, 7) is 4.36. The Morgan fingerprint density at radius 3 is 2.48 bits per heavy atom. The molecular formula is C20H28N2O3. The summed E-state index contributed by atoms with van der Waals surface area (Å²) in [4.78, 5) is 29.0. The number of rotatable bonds is 3. The summed E-state index contributed by atoms with van der Waals surface area (Å²) in [6.07, 6.45) is 6.30. The number of hydrogen-bond donors (Lipinski definition) is 1. The average molecular weight is 344 g/mol. The summed E-state index contributed by atoms with van der Waals surface area (Å²) < 4.78 is 0. The maximum absolute atomic E-state index is 12.7. The van der Waals surface area contributed by atoms with E-state index in [4.69, 9.17) is 0 Å². The van der Waals surface area contributed by atoms with Crippen LogP contribution in [0.1, 0.15) is 54.4 Å². The zero-order valence-electron chi connectivity index (χ0n) is 15.0. The third-order valence-corrected chi connectivity index (χ3v) is 5.46. The van der Waals surface area contributed by atoms with Crippen LogP contribution < -0.4 is 0 Å². The minimum atomic E-state index is -0.147. The van der Waals surface area contributed by atoms with Crippen LogP contribution >= 0.6 is 0 Å². The van der Waals surface area contributed by atoms with Crippen molar-refractivity contribution in [1.29, 1.82) is 0 Å². The predicted molar refractivity (Wildman–Crippen MR) is 96.5 cm³/mol. The van der Waals surface area contributed by atoms with E-state index in [-0.39, 0.29) is 17.6 Å². The Bertz CT molecular complexity index is 638. The normalized spacial score (nSPS) is 19.1. The molecule has 1 aliphatic carbocycles. The molecule has 0 spiro atoms. The molecule has 1 heterocycles. The zero-order valence-corrected chi connectivity index (χ0v) is 15.0. The maximum atomic E-state index is 12.7. The second-order valence-electron chi connectivity index (χ2n) is 7.40. The molecule has 0 radical (unpaired) electrons. The highest BCUT2D eigenvalue weighted by molar-refractivity contribution is 5.97. The fourth-order valence-corrected chi connectivity index (χ4v) is 3.95. The van der Waals surface area contributed by atoms with E-state index in [1.807, 2.05) is 11.8 Å². The first kappa shape index (κ1) is 17.8. The standard InChI is InChI=1S/C20H28N2O3/c1-15-7-8-18(23)17(13-15)20(25)22-10-4-9-21(11-12-22)19(24)14-16-5-2-3-6-16/h7-8,13,16,23H,2-6,9-12,14H2,1H3. The number of phenolic OH excluding ortho intramolecular Hbond substituents is 1. The molecular weight excluding hydrogens is 316 g/mol. The van der Waals surface area contributed by atoms with Crippen molar-refractivity contribution in [3.05, 3.63) is 29.3 Å². The summed E-state index contributed by atoms with van der Waals surface area (Å²) in [5, 5.41) is 9.99. The van der Waals surface area contributed by atoms with Gasteiger partial charge < -0.3 is 14.9 Å². The fraction of sp³-hybridized carbons (Fsp3) is 0.600. The Morgan fingerprint density at radius 2 is 1.72 bits per heavy atom. The number of phenols is 1. The molecule has 2 aliphatic rings. The molecule has 1 saturated carbocycles. The maximum Gasteiger partial charge on any atom is 0.257 e. The molecule has 0 aromatic heterocycles. The second-order valence-corrected chi connectivity index (χ2v) is 7.40. The van der Waals surface area contributed by atoms with Crippen molar-refractivity contribution in [2.75, 3.05) is 26.2 Å². The summed E-state index contributed by atoms with van der Waals surface area (Å²) in [5.74, 6) is 0.664. The molecule has 3 rings (SSSR count). The predicted octanol–water partition coefficient (Wildman–Crippen LogP) is 2.96. The molecule has 0 unspecified atom stereocenters. The van der Waals surface area contributed by atoms with Crippen LogP contribution in [0.15, 0.2) is 18.2 Å². The Balaban J connectivity index is 1.60. The lowest BCUT2D eigenvalue weighted by Gasteiger charge is -2.23. The Kier molecular flexibility index (Phi) is 5.61. The summed E-state index contributed by atoms with van der Waals surface area (Å²) in [5.41, 5.74) is 1.30. The van der Waals surface area contributed by atoms with Crippen LogP contribution in [0.25, 0.3) is 0 Å². The monoisotopic (exact) mass is 344 g/mol. The number of hydrogen-bond acceptors (Lipinski definition) is 3. The first-order valence-corrected chi connectivity index (χ1v) is 9.41. The van der Waals surface area contributed by atoms with Crippen molar-refractivity contribution in [3.63, 3.8) is 0 Å². The van der Waals surface area contributed by atoms with E-state index in [1.54, 1.807) is 23.1 Å². The van der Waals surface area contributed by atoms with Gasteiger partial charge in [-0.2, -0.15) is 0 Å². The third-order valence-electron chi connectivity index (χ3n) is 5.46. The van der Waals surface area contributed by atoms with Crippen molar-refractivity contribution in [1.82, 2.24) is 9.80 Å². The molecule has 1 saturated heterocycles. The second kappa shape index (κ2) is 7.89. The van der Waals surface area contributed by atoms with Crippen molar-refractivity contribution < 1.29 is 14.7 Å². The number of amides is 2. The van der Waals surface area contributed by atoms with Gasteiger partial charge in [-0.25, -0.2) is 0 Å². The van der Waals surface area contributed by atoms with Gasteiger partial charge in [0.2, 0.25) is 5.91 Å². The minimum absolute atomic E-state index is 0.0222. The number of carbonyl (C=O) groups excluding carboxylic acids is 2. The molecule has 1 aromatic carbocycles. The molecule has 1 aliphatic heterocycles. The molecule has 2 fully saturated rings. The lowest BCUT2D eigenvalue weighted by molar-refractivity contribution is -0.132. The molecule has 1 N–H and O–H groups in total. The lowest BCUT2D eigenvalue weighted by atomic mass is 10.0. The molecule has 5 nitrogen and oxygen atoms in total. The summed E-state index contributed by atoms with van der Waals surface area (Å²) in [7, 11) is 0. The van der Waals surface area contributed by atoms with Gasteiger partial charge in [0, 0.05) is 32.6 Å². The van der Waals surface area contributed by atoms with Crippen LogP contribution in [-0.4, -0.2) is 52.9 Å². The Hall–Kier alpha value is -2.04. The van der Waals surface area contributed by atoms with Gasteiger partial charge >= 0.3 is 0 Å². The number of carbonyl (C=O) groups is 2. The van der Waals surface area contributed by atoms with Gasteiger partial charge in [0.25, 0.3) is 5.91 Å². The lowest BCUT2D eigenvalue weighted by Crippen LogP contribution is -2.37. The van der Waals surface area contributed by atoms with Crippen LogP contribution in [0.2, 0.25) is 0 Å². The van der Waals surface area contributed by atoms with E-state index in [0.29, 0.717) is 37.5 Å². The van der Waals surface area contributed by atoms with Gasteiger partial charge in [-0.15, -0.1) is 0 Å². The van der Waals surface area contributed by atoms with Gasteiger partial charge in [-0.05, 0) is 44.2 Å².